The van der Waals surface area contributed by atoms with Crippen molar-refractivity contribution in [2.45, 2.75) is 6.54 Å². The lowest BCUT2D eigenvalue weighted by Gasteiger charge is -2.05. The van der Waals surface area contributed by atoms with E-state index in [9.17, 15) is 4.79 Å². The Morgan fingerprint density at radius 2 is 2.06 bits per heavy atom. The highest BCUT2D eigenvalue weighted by molar-refractivity contribution is 5.89. The van der Waals surface area contributed by atoms with Gasteiger partial charge in [-0.1, -0.05) is 12.1 Å². The first-order valence-corrected chi connectivity index (χ1v) is 4.80. The molecule has 0 aliphatic heterocycles. The number of methoxy groups -OCH3 is 1. The summed E-state index contributed by atoms with van der Waals surface area (Å²) in [7, 11) is 2.97. The molecule has 1 rings (SSSR count). The number of benzene rings is 1. The van der Waals surface area contributed by atoms with Gasteiger partial charge in [0.05, 0.1) is 12.7 Å². The maximum Gasteiger partial charge on any atom is 0.337 e. The Bertz CT molecular complexity index is 385. The lowest BCUT2D eigenvalue weighted by molar-refractivity contribution is 0.0600. The van der Waals surface area contributed by atoms with Crippen LogP contribution in [0.15, 0.2) is 29.3 Å². The van der Waals surface area contributed by atoms with Gasteiger partial charge >= 0.3 is 5.97 Å². The molecule has 0 unspecified atom stereocenters. The molecule has 0 aromatic heterocycles. The van der Waals surface area contributed by atoms with Crippen molar-refractivity contribution in [3.05, 3.63) is 35.4 Å². The van der Waals surface area contributed by atoms with Gasteiger partial charge in [-0.25, -0.2) is 4.79 Å². The fourth-order valence-electron chi connectivity index (χ4n) is 1.15. The molecule has 0 radical (unpaired) electrons. The van der Waals surface area contributed by atoms with E-state index in [1.165, 1.54) is 7.11 Å². The lowest BCUT2D eigenvalue weighted by atomic mass is 10.1. The van der Waals surface area contributed by atoms with Crippen molar-refractivity contribution in [2.24, 2.45) is 10.7 Å². The molecule has 5 heteroatoms. The Morgan fingerprint density at radius 1 is 1.44 bits per heavy atom. The van der Waals surface area contributed by atoms with Gasteiger partial charge in [0.1, 0.15) is 0 Å². The average molecular weight is 221 g/mol. The topological polar surface area (TPSA) is 76.7 Å². The summed E-state index contributed by atoms with van der Waals surface area (Å²) in [5.41, 5.74) is 7.03. The molecule has 0 aliphatic carbocycles. The maximum absolute atomic E-state index is 11.2. The number of nitrogens with zero attached hydrogens (tertiary/aromatic N) is 1. The molecule has 0 spiro atoms. The molecule has 0 heterocycles. The number of rotatable bonds is 3. The van der Waals surface area contributed by atoms with Crippen LogP contribution in [0.3, 0.4) is 0 Å². The van der Waals surface area contributed by atoms with Crippen LogP contribution in [0.4, 0.5) is 0 Å². The van der Waals surface area contributed by atoms with Crippen LogP contribution in [0.5, 0.6) is 0 Å². The number of nitrogens with two attached hydrogens (primary N) is 1. The predicted octanol–water partition coefficient (Wildman–Crippen LogP) is 0.507. The zero-order valence-electron chi connectivity index (χ0n) is 9.36. The van der Waals surface area contributed by atoms with Gasteiger partial charge < -0.3 is 15.8 Å². The monoisotopic (exact) mass is 221 g/mol. The minimum Gasteiger partial charge on any atom is -0.465 e. The predicted molar refractivity (Wildman–Crippen MR) is 62.2 cm³/mol. The molecule has 0 amide bonds. The zero-order valence-corrected chi connectivity index (χ0v) is 9.36. The van der Waals surface area contributed by atoms with Crippen molar-refractivity contribution in [3.8, 4) is 0 Å². The first kappa shape index (κ1) is 12.0. The summed E-state index contributed by atoms with van der Waals surface area (Å²) in [6.07, 6.45) is 0. The molecule has 0 saturated carbocycles. The summed E-state index contributed by atoms with van der Waals surface area (Å²) >= 11 is 0. The Balaban J connectivity index is 2.61. The summed E-state index contributed by atoms with van der Waals surface area (Å²) in [5.74, 6) is 0.0474. The standard InChI is InChI=1S/C11H15N3O2/c1-13-11(12)14-7-8-3-5-9(6-4-8)10(15)16-2/h3-6H,7H2,1-2H3,(H3,12,13,14). The molecule has 3 N–H and O–H groups in total. The number of hydrogen-bond donors (Lipinski definition) is 2. The van der Waals surface area contributed by atoms with Gasteiger partial charge in [-0.15, -0.1) is 0 Å². The summed E-state index contributed by atoms with van der Waals surface area (Å²) in [6.45, 7) is 0.574. The minimum atomic E-state index is -0.339. The van der Waals surface area contributed by atoms with E-state index in [4.69, 9.17) is 5.73 Å². The van der Waals surface area contributed by atoms with Crippen LogP contribution in [0.1, 0.15) is 15.9 Å². The van der Waals surface area contributed by atoms with Gasteiger partial charge in [0.2, 0.25) is 0 Å². The highest BCUT2D eigenvalue weighted by Gasteiger charge is 2.03. The number of guanidine groups is 1. The van der Waals surface area contributed by atoms with Crippen molar-refractivity contribution >= 4 is 11.9 Å². The highest BCUT2D eigenvalue weighted by atomic mass is 16.5. The SMILES string of the molecule is CN=C(N)NCc1ccc(C(=O)OC)cc1. The van der Waals surface area contributed by atoms with E-state index < -0.39 is 0 Å². The van der Waals surface area contributed by atoms with Gasteiger partial charge in [0.25, 0.3) is 0 Å². The molecule has 16 heavy (non-hydrogen) atoms. The van der Waals surface area contributed by atoms with Crippen LogP contribution in [0, 0.1) is 0 Å². The third kappa shape index (κ3) is 3.27. The lowest BCUT2D eigenvalue weighted by Crippen LogP contribution is -2.30. The molecule has 0 fully saturated rings. The Labute approximate surface area is 94.3 Å². The largest absolute Gasteiger partial charge is 0.465 e. The second kappa shape index (κ2) is 5.75. The summed E-state index contributed by atoms with van der Waals surface area (Å²) in [4.78, 5) is 14.9. The van der Waals surface area contributed by atoms with Crippen LogP contribution in [-0.2, 0) is 11.3 Å². The molecule has 86 valence electrons. The fraction of sp³-hybridized carbons (Fsp3) is 0.273. The smallest absolute Gasteiger partial charge is 0.337 e. The molecule has 1 aromatic carbocycles. The first-order valence-electron chi connectivity index (χ1n) is 4.80. The van der Waals surface area contributed by atoms with Crippen molar-refractivity contribution in [1.82, 2.24) is 5.32 Å². The summed E-state index contributed by atoms with van der Waals surface area (Å²) < 4.78 is 4.60. The Morgan fingerprint density at radius 3 is 2.56 bits per heavy atom. The number of nitrogens with one attached hydrogen (secondary N) is 1. The number of esters is 1. The van der Waals surface area contributed by atoms with E-state index in [0.717, 1.165) is 5.56 Å². The minimum absolute atomic E-state index is 0.339. The van der Waals surface area contributed by atoms with Crippen LogP contribution in [0.2, 0.25) is 0 Å². The van der Waals surface area contributed by atoms with E-state index in [1.54, 1.807) is 19.2 Å². The number of ether oxygens (including phenoxy) is 1. The molecular weight excluding hydrogens is 206 g/mol. The number of hydrogen-bond acceptors (Lipinski definition) is 3. The van der Waals surface area contributed by atoms with Gasteiger partial charge in [0.15, 0.2) is 5.96 Å². The second-order valence-electron chi connectivity index (χ2n) is 3.15. The average Bonchev–Trinajstić information content (AvgIpc) is 2.35. The Hall–Kier alpha value is -2.04. The zero-order chi connectivity index (χ0) is 12.0. The second-order valence-corrected chi connectivity index (χ2v) is 3.15. The summed E-state index contributed by atoms with van der Waals surface area (Å²) in [5, 5.41) is 2.92. The molecule has 5 nitrogen and oxygen atoms in total. The Kier molecular flexibility index (Phi) is 4.32. The van der Waals surface area contributed by atoms with Crippen LogP contribution < -0.4 is 11.1 Å². The van der Waals surface area contributed by atoms with Crippen molar-refractivity contribution in [1.29, 1.82) is 0 Å². The molecule has 0 saturated heterocycles. The van der Waals surface area contributed by atoms with E-state index >= 15 is 0 Å². The van der Waals surface area contributed by atoms with Gasteiger partial charge in [-0.2, -0.15) is 0 Å². The number of aliphatic imine (C=N–C) groups is 1. The van der Waals surface area contributed by atoms with E-state index in [2.05, 4.69) is 15.0 Å². The van der Waals surface area contributed by atoms with Gasteiger partial charge in [0, 0.05) is 13.6 Å². The van der Waals surface area contributed by atoms with Crippen molar-refractivity contribution in [3.63, 3.8) is 0 Å². The van der Waals surface area contributed by atoms with Crippen molar-refractivity contribution in [2.75, 3.05) is 14.2 Å². The normalized spacial score (nSPS) is 11.0. The quantitative estimate of drug-likeness (QED) is 0.443. The van der Waals surface area contributed by atoms with E-state index in [1.807, 2.05) is 12.1 Å². The molecule has 1 aromatic rings. The van der Waals surface area contributed by atoms with Gasteiger partial charge in [-0.05, 0) is 17.7 Å². The van der Waals surface area contributed by atoms with Gasteiger partial charge in [-0.3, -0.25) is 4.99 Å². The third-order valence-electron chi connectivity index (χ3n) is 2.09. The third-order valence-corrected chi connectivity index (χ3v) is 2.09. The molecule has 0 bridgehead atoms. The fourth-order valence-corrected chi connectivity index (χ4v) is 1.15. The highest BCUT2D eigenvalue weighted by Crippen LogP contribution is 2.05. The first-order chi connectivity index (χ1) is 7.67. The van der Waals surface area contributed by atoms with Crippen molar-refractivity contribution < 1.29 is 9.53 Å². The van der Waals surface area contributed by atoms with E-state index in [-0.39, 0.29) is 5.97 Å². The maximum atomic E-state index is 11.2. The number of carbonyl (C=O) groups is 1. The number of carbonyl (C=O) groups excluding carboxylic acids is 1. The molecule has 0 aliphatic rings. The van der Waals surface area contributed by atoms with Crippen LogP contribution in [-0.4, -0.2) is 26.1 Å². The molecule has 0 atom stereocenters. The summed E-state index contributed by atoms with van der Waals surface area (Å²) in [6, 6.07) is 7.09. The van der Waals surface area contributed by atoms with E-state index in [0.29, 0.717) is 18.1 Å². The van der Waals surface area contributed by atoms with Crippen LogP contribution in [0.25, 0.3) is 0 Å². The van der Waals surface area contributed by atoms with Crippen LogP contribution >= 0.6 is 0 Å². The molecular formula is C11H15N3O2.